The second kappa shape index (κ2) is 8.82. The fourth-order valence-electron chi connectivity index (χ4n) is 3.11. The molecular weight excluding hydrogens is 386 g/mol. The minimum absolute atomic E-state index is 0.0368. The third-order valence-electron chi connectivity index (χ3n) is 4.76. The number of hydrogen-bond donors (Lipinski definition) is 2. The van der Waals surface area contributed by atoms with Crippen LogP contribution in [0.1, 0.15) is 40.9 Å². The smallest absolute Gasteiger partial charge is 0.336 e. The number of phenolic OH excluding ortho intramolecular Hbond substituents is 1. The molecule has 3 aromatic rings. The van der Waals surface area contributed by atoms with Gasteiger partial charge in [0.05, 0.1) is 0 Å². The number of phenols is 1. The first-order valence-electron chi connectivity index (χ1n) is 9.61. The maximum absolute atomic E-state index is 12.4. The van der Waals surface area contributed by atoms with E-state index in [1.807, 2.05) is 19.9 Å². The summed E-state index contributed by atoms with van der Waals surface area (Å²) >= 11 is 0. The molecule has 1 aromatic heterocycles. The molecule has 7 heteroatoms. The Balaban J connectivity index is 1.73. The van der Waals surface area contributed by atoms with Crippen molar-refractivity contribution < 1.29 is 23.8 Å². The predicted octanol–water partition coefficient (Wildman–Crippen LogP) is 3.23. The molecule has 7 nitrogen and oxygen atoms in total. The third-order valence-corrected chi connectivity index (χ3v) is 4.76. The Morgan fingerprint density at radius 3 is 2.63 bits per heavy atom. The SMILES string of the molecule is CCc1cc2c(COC(=O)[C@H](C)NC(=O)c3cccc(C)c3)cc(=O)oc2cc1O. The van der Waals surface area contributed by atoms with E-state index in [9.17, 15) is 19.5 Å². The van der Waals surface area contributed by atoms with Gasteiger partial charge in [-0.25, -0.2) is 9.59 Å². The van der Waals surface area contributed by atoms with Crippen molar-refractivity contribution in [2.75, 3.05) is 0 Å². The van der Waals surface area contributed by atoms with E-state index < -0.39 is 17.6 Å². The third kappa shape index (κ3) is 4.68. The maximum Gasteiger partial charge on any atom is 0.336 e. The van der Waals surface area contributed by atoms with Crippen LogP contribution in [-0.2, 0) is 22.6 Å². The molecule has 0 unspecified atom stereocenters. The van der Waals surface area contributed by atoms with Gasteiger partial charge in [0.25, 0.3) is 5.91 Å². The van der Waals surface area contributed by atoms with Crippen LogP contribution in [0.5, 0.6) is 5.75 Å². The lowest BCUT2D eigenvalue weighted by atomic mass is 10.0. The Hall–Kier alpha value is -3.61. The Morgan fingerprint density at radius 2 is 1.93 bits per heavy atom. The zero-order chi connectivity index (χ0) is 21.8. The van der Waals surface area contributed by atoms with Crippen LogP contribution in [0.4, 0.5) is 0 Å². The number of benzene rings is 2. The van der Waals surface area contributed by atoms with E-state index in [1.165, 1.54) is 19.1 Å². The molecule has 0 fully saturated rings. The predicted molar refractivity (Wildman–Crippen MR) is 111 cm³/mol. The summed E-state index contributed by atoms with van der Waals surface area (Å²) in [5.41, 5.74) is 2.13. The summed E-state index contributed by atoms with van der Waals surface area (Å²) in [5.74, 6) is -0.973. The van der Waals surface area contributed by atoms with E-state index in [1.54, 1.807) is 24.3 Å². The molecule has 0 saturated heterocycles. The Morgan fingerprint density at radius 1 is 1.17 bits per heavy atom. The molecule has 0 radical (unpaired) electrons. The van der Waals surface area contributed by atoms with Crippen molar-refractivity contribution in [3.05, 3.63) is 75.1 Å². The number of amides is 1. The van der Waals surface area contributed by atoms with Gasteiger partial charge in [0.2, 0.25) is 0 Å². The van der Waals surface area contributed by atoms with Gasteiger partial charge in [-0.2, -0.15) is 0 Å². The molecule has 1 atom stereocenters. The normalized spacial score (nSPS) is 11.8. The monoisotopic (exact) mass is 409 g/mol. The molecule has 2 N–H and O–H groups in total. The van der Waals surface area contributed by atoms with E-state index in [-0.39, 0.29) is 23.8 Å². The summed E-state index contributed by atoms with van der Waals surface area (Å²) in [6.45, 7) is 5.12. The summed E-state index contributed by atoms with van der Waals surface area (Å²) in [4.78, 5) is 36.5. The average molecular weight is 409 g/mol. The van der Waals surface area contributed by atoms with Crippen LogP contribution in [-0.4, -0.2) is 23.0 Å². The van der Waals surface area contributed by atoms with Crippen molar-refractivity contribution in [1.82, 2.24) is 5.32 Å². The van der Waals surface area contributed by atoms with Crippen LogP contribution in [0.15, 0.2) is 51.7 Å². The maximum atomic E-state index is 12.4. The largest absolute Gasteiger partial charge is 0.508 e. The number of rotatable bonds is 6. The fourth-order valence-corrected chi connectivity index (χ4v) is 3.11. The summed E-state index contributed by atoms with van der Waals surface area (Å²) in [6.07, 6.45) is 0.585. The number of aromatic hydroxyl groups is 1. The minimum atomic E-state index is -0.875. The van der Waals surface area contributed by atoms with E-state index in [0.717, 1.165) is 5.56 Å². The van der Waals surface area contributed by atoms with Crippen molar-refractivity contribution in [2.45, 2.75) is 39.8 Å². The van der Waals surface area contributed by atoms with Gasteiger partial charge >= 0.3 is 11.6 Å². The molecule has 30 heavy (non-hydrogen) atoms. The van der Waals surface area contributed by atoms with Gasteiger partial charge in [-0.3, -0.25) is 4.79 Å². The molecule has 1 amide bonds. The van der Waals surface area contributed by atoms with Gasteiger partial charge < -0.3 is 19.6 Å². The van der Waals surface area contributed by atoms with Gasteiger partial charge in [-0.15, -0.1) is 0 Å². The highest BCUT2D eigenvalue weighted by atomic mass is 16.5. The molecule has 0 bridgehead atoms. The number of hydrogen-bond acceptors (Lipinski definition) is 6. The van der Waals surface area contributed by atoms with Crippen molar-refractivity contribution in [3.8, 4) is 5.75 Å². The van der Waals surface area contributed by atoms with Gasteiger partial charge in [0.15, 0.2) is 0 Å². The summed E-state index contributed by atoms with van der Waals surface area (Å²) in [6, 6.07) is 10.5. The van der Waals surface area contributed by atoms with Crippen molar-refractivity contribution in [2.24, 2.45) is 0 Å². The van der Waals surface area contributed by atoms with Crippen LogP contribution in [0.25, 0.3) is 11.0 Å². The van der Waals surface area contributed by atoms with Crippen LogP contribution in [0, 0.1) is 6.92 Å². The highest BCUT2D eigenvalue weighted by molar-refractivity contribution is 5.96. The zero-order valence-electron chi connectivity index (χ0n) is 17.0. The second-order valence-corrected chi connectivity index (χ2v) is 7.09. The Kier molecular flexibility index (Phi) is 6.20. The van der Waals surface area contributed by atoms with Gasteiger partial charge in [-0.1, -0.05) is 24.6 Å². The topological polar surface area (TPSA) is 106 Å². The van der Waals surface area contributed by atoms with Gasteiger partial charge in [0, 0.05) is 28.6 Å². The molecular formula is C23H23NO6. The molecule has 0 spiro atoms. The quantitative estimate of drug-likeness (QED) is 0.478. The number of carbonyl (C=O) groups excluding carboxylic acids is 2. The van der Waals surface area contributed by atoms with Gasteiger partial charge in [0.1, 0.15) is 24.0 Å². The standard InChI is InChI=1S/C23H23NO6/c1-4-15-9-18-17(10-21(26)30-20(18)11-19(15)25)12-29-23(28)14(3)24-22(27)16-7-5-6-13(2)8-16/h5-11,14,25H,4,12H2,1-3H3,(H,24,27)/t14-/m0/s1. The highest BCUT2D eigenvalue weighted by Crippen LogP contribution is 2.27. The first-order valence-corrected chi connectivity index (χ1v) is 9.61. The lowest BCUT2D eigenvalue weighted by Crippen LogP contribution is -2.39. The lowest BCUT2D eigenvalue weighted by molar-refractivity contribution is -0.146. The summed E-state index contributed by atoms with van der Waals surface area (Å²) in [7, 11) is 0. The van der Waals surface area contributed by atoms with Crippen LogP contribution in [0.2, 0.25) is 0 Å². The molecule has 1 heterocycles. The molecule has 0 aliphatic rings. The first-order chi connectivity index (χ1) is 14.3. The van der Waals surface area contributed by atoms with Crippen molar-refractivity contribution in [3.63, 3.8) is 0 Å². The second-order valence-electron chi connectivity index (χ2n) is 7.09. The number of ether oxygens (including phenoxy) is 1. The van der Waals surface area contributed by atoms with E-state index in [0.29, 0.717) is 28.5 Å². The lowest BCUT2D eigenvalue weighted by Gasteiger charge is -2.14. The molecule has 0 aliphatic heterocycles. The zero-order valence-corrected chi connectivity index (χ0v) is 17.0. The van der Waals surface area contributed by atoms with E-state index in [2.05, 4.69) is 5.32 Å². The Labute approximate surface area is 173 Å². The molecule has 0 saturated carbocycles. The molecule has 3 rings (SSSR count). The number of aryl methyl sites for hydroxylation is 2. The minimum Gasteiger partial charge on any atom is -0.508 e. The summed E-state index contributed by atoms with van der Waals surface area (Å²) in [5, 5.41) is 13.2. The number of esters is 1. The van der Waals surface area contributed by atoms with E-state index >= 15 is 0 Å². The molecule has 2 aromatic carbocycles. The van der Waals surface area contributed by atoms with Crippen molar-refractivity contribution >= 4 is 22.8 Å². The van der Waals surface area contributed by atoms with Gasteiger partial charge in [-0.05, 0) is 44.0 Å². The number of fused-ring (bicyclic) bond motifs is 1. The molecule has 0 aliphatic carbocycles. The van der Waals surface area contributed by atoms with Crippen LogP contribution >= 0.6 is 0 Å². The number of nitrogens with one attached hydrogen (secondary N) is 1. The molecule has 156 valence electrons. The average Bonchev–Trinajstić information content (AvgIpc) is 2.71. The fraction of sp³-hybridized carbons (Fsp3) is 0.261. The van der Waals surface area contributed by atoms with Crippen molar-refractivity contribution in [1.29, 1.82) is 0 Å². The summed E-state index contributed by atoms with van der Waals surface area (Å²) < 4.78 is 10.5. The highest BCUT2D eigenvalue weighted by Gasteiger charge is 2.19. The Bertz CT molecular complexity index is 1160. The first kappa shape index (κ1) is 21.1. The van der Waals surface area contributed by atoms with Crippen LogP contribution in [0.3, 0.4) is 0 Å². The van der Waals surface area contributed by atoms with E-state index in [4.69, 9.17) is 9.15 Å². The van der Waals surface area contributed by atoms with Crippen LogP contribution < -0.4 is 10.9 Å². The number of carbonyl (C=O) groups is 2.